The molecule has 50 heteroatoms. The van der Waals surface area contributed by atoms with Gasteiger partial charge in [0.05, 0.1) is 37.4 Å². The summed E-state index contributed by atoms with van der Waals surface area (Å²) < 4.78 is 57.2. The molecule has 8 amide bonds. The van der Waals surface area contributed by atoms with Crippen molar-refractivity contribution in [2.45, 2.75) is 289 Å². The number of hydrogen-bond acceptors (Lipinski definition) is 42. The summed E-state index contributed by atoms with van der Waals surface area (Å²) in [5, 5.41) is 213. The molecule has 0 aromatic carbocycles. The van der Waals surface area contributed by atoms with Crippen molar-refractivity contribution in [3.8, 4) is 0 Å². The molecule has 42 N–H and O–H groups in total. The van der Waals surface area contributed by atoms with Crippen LogP contribution in [0.1, 0.15) is 44.9 Å². The lowest BCUT2D eigenvalue weighted by molar-refractivity contribution is -0.332. The number of urea groups is 2. The Kier molecular flexibility index (Phi) is 34.6. The van der Waals surface area contributed by atoms with Gasteiger partial charge in [-0.05, 0) is 19.3 Å². The van der Waals surface area contributed by atoms with E-state index in [1.807, 2.05) is 0 Å². The molecule has 3 aliphatic carbocycles. The van der Waals surface area contributed by atoms with Gasteiger partial charge in [0.2, 0.25) is 23.6 Å². The van der Waals surface area contributed by atoms with Crippen LogP contribution in [0.2, 0.25) is 0 Å². The number of rotatable bonds is 31. The van der Waals surface area contributed by atoms with Crippen LogP contribution < -0.4 is 88.4 Å². The number of amides is 8. The molecular weight excluding hydrogens is 1510 g/mol. The predicted octanol–water partition coefficient (Wildman–Crippen LogP) is -20.9. The Bertz CT molecular complexity index is 3000. The number of nitrogens with two attached hydrogens (primary N) is 8. The summed E-state index contributed by atoms with van der Waals surface area (Å²) in [5.41, 5.74) is 48.8. The third-order valence-corrected chi connectivity index (χ3v) is 21.0. The summed E-state index contributed by atoms with van der Waals surface area (Å²) in [5.74, 6) is -3.12. The van der Waals surface area contributed by atoms with Gasteiger partial charge < -0.3 is 228 Å². The Hall–Kier alpha value is -5.02. The standard InChI is InChI=1S/C62H114N16O34/c63-12-23-38(88)44(94)47(97)59(103-23)111-54-19(67)9-17(65)52(49(54)99)109-57-42(92)33(36(86)26(15-79)106-57)77-30(83)3-1-28(81)71-5-7-73-61(101)75-14-25-40(90)41(91)32(70)56(105-25)108-51-21(69)11-22(35(85)46(51)96)76-62(102)74-8-6-72-29(82)2-4-31(84)78-34-37(87)27(16-80)107-58(43(34)93)110-53-18(66)10-20(68)55(50(53)100)112-60-48(98)45(95)39(89)24(13-64)104-60/h17-27,32-60,79-80,85-100H,1-16,63-70H2,(H,71,81)(H,72,82)(H,77,83)(H,78,84)(H2,73,75,101)(H2,74,76,102)/t17-,18-,19+,20+,21+,22-,23-,24-,25-,26-,27-,32+,33+,34+,35+,36-,37-,38-,39-,40-,41-,42-,43-,44+,45+,46-,47-,48-,49-,50-,51-,52+,53+,54-,55-,56-,57-,58-,59-,60-/m1/s1. The van der Waals surface area contributed by atoms with Gasteiger partial charge in [-0.15, -0.1) is 0 Å². The van der Waals surface area contributed by atoms with Gasteiger partial charge in [0.25, 0.3) is 0 Å². The van der Waals surface area contributed by atoms with E-state index in [9.17, 15) is 121 Å². The summed E-state index contributed by atoms with van der Waals surface area (Å²) >= 11 is 0. The molecule has 8 rings (SSSR count). The Labute approximate surface area is 638 Å². The van der Waals surface area contributed by atoms with E-state index >= 15 is 0 Å². The molecular formula is C62H114N16O34. The molecule has 0 aromatic rings. The fourth-order valence-electron chi connectivity index (χ4n) is 14.4. The van der Waals surface area contributed by atoms with Gasteiger partial charge in [0.1, 0.15) is 159 Å². The molecule has 112 heavy (non-hydrogen) atoms. The second-order valence-electron chi connectivity index (χ2n) is 29.0. The maximum Gasteiger partial charge on any atom is 0.315 e. The smallest absolute Gasteiger partial charge is 0.315 e. The quantitative estimate of drug-likeness (QED) is 0.0287. The van der Waals surface area contributed by atoms with Crippen LogP contribution in [0.5, 0.6) is 0 Å². The van der Waals surface area contributed by atoms with Crippen LogP contribution in [0.25, 0.3) is 0 Å². The first-order valence-corrected chi connectivity index (χ1v) is 36.7. The van der Waals surface area contributed by atoms with Crippen LogP contribution in [-0.2, 0) is 66.5 Å². The maximum atomic E-state index is 13.1. The highest BCUT2D eigenvalue weighted by Crippen LogP contribution is 2.36. The third kappa shape index (κ3) is 22.6. The van der Waals surface area contributed by atoms with Crippen LogP contribution in [0.3, 0.4) is 0 Å². The zero-order valence-corrected chi connectivity index (χ0v) is 60.6. The molecule has 50 nitrogen and oxygen atoms in total. The Morgan fingerprint density at radius 3 is 1.04 bits per heavy atom. The van der Waals surface area contributed by atoms with Crippen molar-refractivity contribution < 1.29 is 168 Å². The molecule has 646 valence electrons. The van der Waals surface area contributed by atoms with E-state index < -0.39 is 326 Å². The van der Waals surface area contributed by atoms with Crippen LogP contribution in [-0.4, -0.2) is 431 Å². The molecule has 3 saturated carbocycles. The molecule has 0 unspecified atom stereocenters. The minimum absolute atomic E-state index is 0.0971. The zero-order valence-electron chi connectivity index (χ0n) is 60.6. The van der Waals surface area contributed by atoms with Gasteiger partial charge in [-0.1, -0.05) is 0 Å². The van der Waals surface area contributed by atoms with E-state index in [0.717, 1.165) is 0 Å². The van der Waals surface area contributed by atoms with Crippen LogP contribution in [0, 0.1) is 0 Å². The molecule has 0 bridgehead atoms. The predicted molar refractivity (Wildman–Crippen MR) is 368 cm³/mol. The lowest BCUT2D eigenvalue weighted by Gasteiger charge is -2.48. The summed E-state index contributed by atoms with van der Waals surface area (Å²) in [6.07, 6.45) is -52.9. The number of aliphatic hydroxyl groups excluding tert-OH is 18. The number of hydrogen-bond donors (Lipinski definition) is 34. The van der Waals surface area contributed by atoms with Gasteiger partial charge in [-0.3, -0.25) is 19.2 Å². The van der Waals surface area contributed by atoms with Crippen molar-refractivity contribution in [2.24, 2.45) is 45.9 Å². The molecule has 5 aliphatic heterocycles. The van der Waals surface area contributed by atoms with Crippen molar-refractivity contribution in [1.29, 1.82) is 0 Å². The monoisotopic (exact) mass is 1630 g/mol. The largest absolute Gasteiger partial charge is 0.394 e. The molecule has 8 fully saturated rings. The molecule has 0 aromatic heterocycles. The van der Waals surface area contributed by atoms with Crippen LogP contribution in [0.15, 0.2) is 0 Å². The van der Waals surface area contributed by atoms with Crippen molar-refractivity contribution in [3.05, 3.63) is 0 Å². The highest BCUT2D eigenvalue weighted by atomic mass is 16.7. The first-order valence-electron chi connectivity index (χ1n) is 36.7. The van der Waals surface area contributed by atoms with Gasteiger partial charge in [0, 0.05) is 102 Å². The van der Waals surface area contributed by atoms with E-state index in [1.54, 1.807) is 0 Å². The second-order valence-corrected chi connectivity index (χ2v) is 29.0. The average molecular weight is 1630 g/mol. The third-order valence-electron chi connectivity index (χ3n) is 21.0. The van der Waals surface area contributed by atoms with E-state index in [2.05, 4.69) is 42.5 Å². The van der Waals surface area contributed by atoms with Gasteiger partial charge >= 0.3 is 12.1 Å². The Balaban J connectivity index is 0.698. The SMILES string of the molecule is NC[C@H]1O[C@H](O[C@H]2[C@H](O)[C@@H](O[C@H]3O[C@H](CO)[C@@H](O)[C@H](NC(=O)CCC(=O)NCCNC(=O)NC[C@H]4O[C@H](O[C@H]5[C@H](O)[C@@H](O)[C@H](NC(=O)NCCNC(=O)CCC(=O)N[C@@H]6[C@@H](O)[C@@H](O[C@@H]7[C@@H](O)[C@H](O[C@H]8O[C@H](CN)[C@@H](O)[C@H](O)[C@H]8O)[C@@H](N)C[C@H]7N)O[C@H](CO)[C@H]6O)C[C@@H]5N)[C@@H](N)[C@@H](O)[C@@H]4O)[C@H]3O)[C@H](N)C[C@@H]2N)[C@H](O)[C@@H](O)[C@@H]1O. The molecule has 0 radical (unpaired) electrons. The van der Waals surface area contributed by atoms with Crippen LogP contribution >= 0.6 is 0 Å². The van der Waals surface area contributed by atoms with Crippen molar-refractivity contribution >= 4 is 35.7 Å². The number of ether oxygens (including phenoxy) is 10. The van der Waals surface area contributed by atoms with E-state index in [4.69, 9.17) is 93.2 Å². The highest BCUT2D eigenvalue weighted by Gasteiger charge is 2.56. The fraction of sp³-hybridized carbons (Fsp3) is 0.903. The maximum absolute atomic E-state index is 13.1. The van der Waals surface area contributed by atoms with Crippen LogP contribution in [0.4, 0.5) is 9.59 Å². The lowest BCUT2D eigenvalue weighted by atomic mass is 9.84. The first kappa shape index (κ1) is 92.5. The molecule has 5 heterocycles. The van der Waals surface area contributed by atoms with Crippen molar-refractivity contribution in [1.82, 2.24) is 42.5 Å². The van der Waals surface area contributed by atoms with Gasteiger partial charge in [0.15, 0.2) is 31.5 Å². The molecule has 5 saturated heterocycles. The van der Waals surface area contributed by atoms with E-state index in [1.165, 1.54) is 0 Å². The summed E-state index contributed by atoms with van der Waals surface area (Å²) in [7, 11) is 0. The topological polar surface area (TPSA) is 863 Å². The Morgan fingerprint density at radius 2 is 0.643 bits per heavy atom. The lowest BCUT2D eigenvalue weighted by Crippen LogP contribution is -2.69. The van der Waals surface area contributed by atoms with Gasteiger partial charge in [-0.25, -0.2) is 9.59 Å². The molecule has 40 atom stereocenters. The van der Waals surface area contributed by atoms with Crippen molar-refractivity contribution in [3.63, 3.8) is 0 Å². The Morgan fingerprint density at radius 1 is 0.312 bits per heavy atom. The number of nitrogens with one attached hydrogen (secondary N) is 8. The highest BCUT2D eigenvalue weighted by molar-refractivity contribution is 5.84. The summed E-state index contributed by atoms with van der Waals surface area (Å²) in [4.78, 5) is 77.6. The number of aliphatic hydroxyl groups is 18. The minimum Gasteiger partial charge on any atom is -0.394 e. The molecule has 0 spiro atoms. The van der Waals surface area contributed by atoms with E-state index in [0.29, 0.717) is 0 Å². The number of carbonyl (C=O) groups excluding carboxylic acids is 6. The fourth-order valence-corrected chi connectivity index (χ4v) is 14.4. The first-order chi connectivity index (χ1) is 52.9. The zero-order chi connectivity index (χ0) is 82.6. The summed E-state index contributed by atoms with van der Waals surface area (Å²) in [6.45, 7) is -3.57. The average Bonchev–Trinajstić information content (AvgIpc) is 0.790. The van der Waals surface area contributed by atoms with Gasteiger partial charge in [-0.2, -0.15) is 0 Å². The second kappa shape index (κ2) is 41.9. The van der Waals surface area contributed by atoms with E-state index in [-0.39, 0.29) is 58.5 Å². The minimum atomic E-state index is -1.90. The molecule has 8 aliphatic rings. The van der Waals surface area contributed by atoms with Crippen molar-refractivity contribution in [2.75, 3.05) is 59.0 Å². The normalized spacial score (nSPS) is 44.6. The number of carbonyl (C=O) groups is 6. The summed E-state index contributed by atoms with van der Waals surface area (Å²) in [6, 6.07) is -13.0.